The number of halogens is 1. The number of hydrogen-bond acceptors (Lipinski definition) is 0. The van der Waals surface area contributed by atoms with Gasteiger partial charge in [-0.3, -0.25) is 0 Å². The van der Waals surface area contributed by atoms with E-state index in [1.165, 1.54) is 47.7 Å². The summed E-state index contributed by atoms with van der Waals surface area (Å²) in [6.07, 6.45) is 0. The van der Waals surface area contributed by atoms with E-state index >= 15 is 0 Å². The van der Waals surface area contributed by atoms with Gasteiger partial charge in [0.05, 0.1) is 0 Å². The number of rotatable bonds is 9. The van der Waals surface area contributed by atoms with Gasteiger partial charge in [0.15, 0.2) is 0 Å². The Balaban J connectivity index is 0.000000165. The standard InChI is InChI=1S/3C18H15P.ClH.Ir/c3*1-4-10-16(11-5-1)19(17-12-6-2-7-13-17)18-14-8-3-9-15-18;;/h3*1-15H;1H;/p-1. The Morgan fingerprint density at radius 2 is 0.237 bits per heavy atom. The Morgan fingerprint density at radius 1 is 0.153 bits per heavy atom. The molecule has 0 spiro atoms. The zero-order valence-electron chi connectivity index (χ0n) is 32.5. The monoisotopic (exact) mass is 1010 g/mol. The number of benzene rings is 9. The van der Waals surface area contributed by atoms with E-state index in [4.69, 9.17) is 0 Å². The summed E-state index contributed by atoms with van der Waals surface area (Å²) in [5.41, 5.74) is 0. The third-order valence-corrected chi connectivity index (χ3v) is 16.5. The van der Waals surface area contributed by atoms with Crippen LogP contribution in [0.4, 0.5) is 0 Å². The van der Waals surface area contributed by atoms with Crippen molar-refractivity contribution in [2.24, 2.45) is 0 Å². The summed E-state index contributed by atoms with van der Waals surface area (Å²) in [7, 11) is -1.34. The van der Waals surface area contributed by atoms with E-state index in [1.807, 2.05) is 0 Å². The van der Waals surface area contributed by atoms with Crippen LogP contribution in [0, 0.1) is 0 Å². The van der Waals surface area contributed by atoms with E-state index in [0.29, 0.717) is 0 Å². The molecule has 0 aliphatic rings. The molecule has 0 aliphatic carbocycles. The van der Waals surface area contributed by atoms with Gasteiger partial charge in [0.25, 0.3) is 0 Å². The van der Waals surface area contributed by atoms with Crippen LogP contribution in [-0.2, 0) is 20.1 Å². The minimum absolute atomic E-state index is 0. The first-order chi connectivity index (χ1) is 28.3. The molecular weight excluding hydrogens is 969 g/mol. The molecule has 0 fully saturated rings. The Kier molecular flexibility index (Phi) is 19.2. The first-order valence-electron chi connectivity index (χ1n) is 19.2. The topological polar surface area (TPSA) is 0 Å². The maximum Gasteiger partial charge on any atom is 0 e. The molecule has 0 heterocycles. The van der Waals surface area contributed by atoms with Gasteiger partial charge in [0, 0.05) is 20.1 Å². The van der Waals surface area contributed by atoms with Crippen molar-refractivity contribution in [3.63, 3.8) is 0 Å². The van der Waals surface area contributed by atoms with Crippen LogP contribution in [-0.4, -0.2) is 0 Å². The molecule has 0 aliphatic heterocycles. The molecule has 0 saturated carbocycles. The fourth-order valence-electron chi connectivity index (χ4n) is 6.54. The molecule has 0 N–H and O–H groups in total. The van der Waals surface area contributed by atoms with Gasteiger partial charge in [0.1, 0.15) is 0 Å². The molecular formula is C54H45ClIrP3-. The van der Waals surface area contributed by atoms with E-state index < -0.39 is 23.8 Å². The summed E-state index contributed by atoms with van der Waals surface area (Å²) in [4.78, 5) is 0. The van der Waals surface area contributed by atoms with Crippen molar-refractivity contribution in [2.75, 3.05) is 0 Å². The fraction of sp³-hybridized carbons (Fsp3) is 0. The van der Waals surface area contributed by atoms with Crippen molar-refractivity contribution >= 4 is 71.5 Å². The SMILES string of the molecule is [Cl-].[Ir].c1ccc(P(c2ccccc2)c2ccccc2)cc1.c1ccc(P(c2ccccc2)c2ccccc2)cc1.c1ccc(P(c2ccccc2)c2ccccc2)cc1. The Morgan fingerprint density at radius 3 is 0.322 bits per heavy atom. The smallest absolute Gasteiger partial charge is 0 e. The summed E-state index contributed by atoms with van der Waals surface area (Å²) in [6.45, 7) is 0. The van der Waals surface area contributed by atoms with Crippen LogP contribution in [0.3, 0.4) is 0 Å². The largest absolute Gasteiger partial charge is 1.00 e. The molecule has 5 heteroatoms. The Hall–Kier alpha value is -4.79. The van der Waals surface area contributed by atoms with E-state index in [9.17, 15) is 0 Å². The molecule has 0 unspecified atom stereocenters. The van der Waals surface area contributed by atoms with Crippen molar-refractivity contribution < 1.29 is 32.5 Å². The molecule has 59 heavy (non-hydrogen) atoms. The fourth-order valence-corrected chi connectivity index (χ4v) is 13.5. The second kappa shape index (κ2) is 25.0. The van der Waals surface area contributed by atoms with Crippen molar-refractivity contribution in [2.45, 2.75) is 0 Å². The van der Waals surface area contributed by atoms with Crippen LogP contribution in [0.1, 0.15) is 0 Å². The van der Waals surface area contributed by atoms with E-state index in [1.54, 1.807) is 0 Å². The Labute approximate surface area is 374 Å². The third kappa shape index (κ3) is 13.1. The molecule has 0 saturated heterocycles. The molecule has 0 bridgehead atoms. The molecule has 0 nitrogen and oxygen atoms in total. The zero-order chi connectivity index (χ0) is 38.7. The molecule has 9 aromatic carbocycles. The summed E-state index contributed by atoms with van der Waals surface area (Å²) in [5, 5.41) is 12.6. The van der Waals surface area contributed by atoms with Crippen LogP contribution in [0.5, 0.6) is 0 Å². The third-order valence-electron chi connectivity index (χ3n) is 9.13. The Bertz CT molecular complexity index is 1870. The van der Waals surface area contributed by atoms with Crippen molar-refractivity contribution in [3.05, 3.63) is 273 Å². The number of hydrogen-bond donors (Lipinski definition) is 0. The van der Waals surface area contributed by atoms with Gasteiger partial charge in [-0.25, -0.2) is 0 Å². The molecule has 293 valence electrons. The average molecular weight is 1010 g/mol. The maximum atomic E-state index is 2.23. The molecule has 9 rings (SSSR count). The summed E-state index contributed by atoms with van der Waals surface area (Å²) in [6, 6.07) is 97.0. The van der Waals surface area contributed by atoms with Crippen LogP contribution in [0.15, 0.2) is 273 Å². The quantitative estimate of drug-likeness (QED) is 0.133. The summed E-state index contributed by atoms with van der Waals surface area (Å²) >= 11 is 0. The van der Waals surface area contributed by atoms with Crippen molar-refractivity contribution in [1.82, 2.24) is 0 Å². The van der Waals surface area contributed by atoms with Crippen molar-refractivity contribution in [1.29, 1.82) is 0 Å². The van der Waals surface area contributed by atoms with Gasteiger partial charge in [0.2, 0.25) is 0 Å². The second-order valence-electron chi connectivity index (χ2n) is 13.0. The molecule has 9 aromatic rings. The molecule has 0 atom stereocenters. The summed E-state index contributed by atoms with van der Waals surface area (Å²) in [5.74, 6) is 0. The molecule has 0 aromatic heterocycles. The molecule has 0 amide bonds. The minimum atomic E-state index is -0.446. The maximum absolute atomic E-state index is 2.23. The van der Waals surface area contributed by atoms with E-state index in [2.05, 4.69) is 273 Å². The van der Waals surface area contributed by atoms with Gasteiger partial charge in [-0.2, -0.15) is 0 Å². The predicted molar refractivity (Wildman–Crippen MR) is 255 cm³/mol. The van der Waals surface area contributed by atoms with Crippen LogP contribution >= 0.6 is 23.8 Å². The first kappa shape index (κ1) is 45.3. The second-order valence-corrected chi connectivity index (χ2v) is 19.7. The van der Waals surface area contributed by atoms with E-state index in [-0.39, 0.29) is 32.5 Å². The van der Waals surface area contributed by atoms with Crippen molar-refractivity contribution in [3.8, 4) is 0 Å². The normalized spacial score (nSPS) is 10.2. The van der Waals surface area contributed by atoms with Gasteiger partial charge in [-0.15, -0.1) is 0 Å². The summed E-state index contributed by atoms with van der Waals surface area (Å²) < 4.78 is 0. The predicted octanol–water partition coefficient (Wildman–Crippen LogP) is 7.34. The van der Waals surface area contributed by atoms with Crippen LogP contribution in [0.25, 0.3) is 0 Å². The zero-order valence-corrected chi connectivity index (χ0v) is 38.4. The molecule has 1 radical (unpaired) electrons. The van der Waals surface area contributed by atoms with E-state index in [0.717, 1.165) is 0 Å². The first-order valence-corrected chi connectivity index (χ1v) is 23.2. The van der Waals surface area contributed by atoms with Gasteiger partial charge in [-0.1, -0.05) is 273 Å². The van der Waals surface area contributed by atoms with Crippen LogP contribution in [0.2, 0.25) is 0 Å². The average Bonchev–Trinajstić information content (AvgIpc) is 3.30. The van der Waals surface area contributed by atoms with Crippen LogP contribution < -0.4 is 60.1 Å². The minimum Gasteiger partial charge on any atom is -1.00 e. The van der Waals surface area contributed by atoms with Gasteiger partial charge < -0.3 is 12.4 Å². The van der Waals surface area contributed by atoms with Gasteiger partial charge >= 0.3 is 0 Å². The van der Waals surface area contributed by atoms with Gasteiger partial charge in [-0.05, 0) is 71.5 Å².